The summed E-state index contributed by atoms with van der Waals surface area (Å²) in [5, 5.41) is 5.21. The Morgan fingerprint density at radius 2 is 2.24 bits per heavy atom. The number of carbonyl (C=O) groups is 1. The first-order chi connectivity index (χ1) is 8.11. The fourth-order valence-electron chi connectivity index (χ4n) is 1.83. The lowest BCUT2D eigenvalue weighted by atomic mass is 10.0. The van der Waals surface area contributed by atoms with Gasteiger partial charge in [0.05, 0.1) is 6.04 Å². The largest absolute Gasteiger partial charge is 0.334 e. The molecule has 0 aliphatic carbocycles. The number of thiophene rings is 1. The molecule has 3 nitrogen and oxygen atoms in total. The summed E-state index contributed by atoms with van der Waals surface area (Å²) in [4.78, 5) is 15.3. The molecular formula is C13H18N2OS. The van der Waals surface area contributed by atoms with Crippen LogP contribution in [0, 0.1) is 0 Å². The van der Waals surface area contributed by atoms with E-state index in [-0.39, 0.29) is 11.9 Å². The average Bonchev–Trinajstić information content (AvgIpc) is 2.76. The first-order valence-corrected chi connectivity index (χ1v) is 6.69. The van der Waals surface area contributed by atoms with Crippen LogP contribution in [0.5, 0.6) is 0 Å². The molecule has 4 heteroatoms. The Bertz CT molecular complexity index is 430. The topological polar surface area (TPSA) is 32.3 Å². The van der Waals surface area contributed by atoms with Gasteiger partial charge in [0.1, 0.15) is 0 Å². The van der Waals surface area contributed by atoms with Crippen molar-refractivity contribution in [2.45, 2.75) is 19.9 Å². The van der Waals surface area contributed by atoms with Crippen LogP contribution < -0.4 is 5.32 Å². The van der Waals surface area contributed by atoms with Gasteiger partial charge in [0.25, 0.3) is 0 Å². The molecule has 1 N–H and O–H groups in total. The van der Waals surface area contributed by atoms with Gasteiger partial charge in [-0.2, -0.15) is 0 Å². The Kier molecular flexibility index (Phi) is 3.64. The van der Waals surface area contributed by atoms with Crippen molar-refractivity contribution in [1.29, 1.82) is 0 Å². The normalized spacial score (nSPS) is 16.3. The molecule has 17 heavy (non-hydrogen) atoms. The van der Waals surface area contributed by atoms with Crippen molar-refractivity contribution in [3.63, 3.8) is 0 Å². The fraction of sp³-hybridized carbons (Fsp3) is 0.462. The molecule has 0 saturated carbocycles. The maximum Gasteiger partial charge on any atom is 0.249 e. The quantitative estimate of drug-likeness (QED) is 0.834. The summed E-state index contributed by atoms with van der Waals surface area (Å²) in [6.07, 6.45) is 0. The maximum absolute atomic E-state index is 12.3. The van der Waals surface area contributed by atoms with Crippen molar-refractivity contribution in [2.24, 2.45) is 0 Å². The first kappa shape index (κ1) is 12.3. The number of amides is 1. The zero-order valence-corrected chi connectivity index (χ0v) is 11.3. The zero-order valence-electron chi connectivity index (χ0n) is 10.5. The van der Waals surface area contributed by atoms with Gasteiger partial charge >= 0.3 is 0 Å². The van der Waals surface area contributed by atoms with Crippen LogP contribution in [0.15, 0.2) is 28.7 Å². The Labute approximate surface area is 106 Å². The highest BCUT2D eigenvalue weighted by atomic mass is 32.1. The van der Waals surface area contributed by atoms with Gasteiger partial charge < -0.3 is 10.2 Å². The van der Waals surface area contributed by atoms with Crippen molar-refractivity contribution in [3.8, 4) is 0 Å². The molecule has 1 amide bonds. The zero-order chi connectivity index (χ0) is 12.4. The second-order valence-electron chi connectivity index (χ2n) is 4.44. The van der Waals surface area contributed by atoms with E-state index in [2.05, 4.69) is 18.3 Å². The summed E-state index contributed by atoms with van der Waals surface area (Å²) in [7, 11) is 1.88. The molecule has 1 aliphatic rings. The van der Waals surface area contributed by atoms with Gasteiger partial charge in [-0.1, -0.05) is 6.07 Å². The van der Waals surface area contributed by atoms with Crippen molar-refractivity contribution < 1.29 is 4.79 Å². The highest BCUT2D eigenvalue weighted by Gasteiger charge is 2.22. The number of likely N-dealkylation sites (N-methyl/N-ethyl adjacent to an activating group) is 1. The number of hydrogen-bond acceptors (Lipinski definition) is 3. The van der Waals surface area contributed by atoms with Crippen LogP contribution >= 0.6 is 11.3 Å². The van der Waals surface area contributed by atoms with Gasteiger partial charge in [-0.05, 0) is 30.9 Å². The van der Waals surface area contributed by atoms with E-state index in [0.29, 0.717) is 0 Å². The molecule has 1 aliphatic heterocycles. The number of carbonyl (C=O) groups excluding carboxylic acids is 1. The van der Waals surface area contributed by atoms with E-state index < -0.39 is 0 Å². The molecule has 0 radical (unpaired) electrons. The lowest BCUT2D eigenvalue weighted by Crippen LogP contribution is -2.38. The summed E-state index contributed by atoms with van der Waals surface area (Å²) in [5.74, 6) is 0.141. The minimum absolute atomic E-state index is 0.141. The molecule has 0 bridgehead atoms. The van der Waals surface area contributed by atoms with E-state index in [0.717, 1.165) is 18.7 Å². The van der Waals surface area contributed by atoms with E-state index >= 15 is 0 Å². The minimum atomic E-state index is 0.141. The molecule has 0 aromatic carbocycles. The van der Waals surface area contributed by atoms with Gasteiger partial charge in [-0.3, -0.25) is 4.79 Å². The van der Waals surface area contributed by atoms with Crippen LogP contribution in [0.4, 0.5) is 0 Å². The molecule has 2 heterocycles. The third-order valence-electron chi connectivity index (χ3n) is 3.38. The van der Waals surface area contributed by atoms with Crippen molar-refractivity contribution in [2.75, 3.05) is 20.1 Å². The third kappa shape index (κ3) is 2.42. The third-order valence-corrected chi connectivity index (χ3v) is 4.43. The van der Waals surface area contributed by atoms with Crippen molar-refractivity contribution >= 4 is 17.2 Å². The van der Waals surface area contributed by atoms with E-state index in [4.69, 9.17) is 0 Å². The SMILES string of the molecule is CC(C(=O)N(C)C(C)c1cccs1)=C1CNC1. The molecule has 1 atom stereocenters. The highest BCUT2D eigenvalue weighted by molar-refractivity contribution is 7.10. The number of rotatable bonds is 3. The van der Waals surface area contributed by atoms with Crippen molar-refractivity contribution in [3.05, 3.63) is 33.5 Å². The fourth-order valence-corrected chi connectivity index (χ4v) is 2.65. The van der Waals surface area contributed by atoms with Gasteiger partial charge in [-0.25, -0.2) is 0 Å². The molecule has 1 saturated heterocycles. The molecule has 1 fully saturated rings. The maximum atomic E-state index is 12.3. The highest BCUT2D eigenvalue weighted by Crippen LogP contribution is 2.25. The van der Waals surface area contributed by atoms with Crippen LogP contribution in [0.1, 0.15) is 24.8 Å². The van der Waals surface area contributed by atoms with E-state index in [1.165, 1.54) is 10.5 Å². The van der Waals surface area contributed by atoms with Gasteiger partial charge in [0, 0.05) is 30.6 Å². The van der Waals surface area contributed by atoms with E-state index in [1.54, 1.807) is 11.3 Å². The van der Waals surface area contributed by atoms with Crippen molar-refractivity contribution in [1.82, 2.24) is 10.2 Å². The van der Waals surface area contributed by atoms with Crippen LogP contribution in [0.2, 0.25) is 0 Å². The Morgan fingerprint density at radius 3 is 2.71 bits per heavy atom. The van der Waals surface area contributed by atoms with E-state index in [9.17, 15) is 4.79 Å². The van der Waals surface area contributed by atoms with Crippen LogP contribution in [0.25, 0.3) is 0 Å². The van der Waals surface area contributed by atoms with Gasteiger partial charge in [-0.15, -0.1) is 11.3 Å². The molecule has 92 valence electrons. The van der Waals surface area contributed by atoms with Crippen LogP contribution in [-0.2, 0) is 4.79 Å². The molecule has 1 aromatic rings. The monoisotopic (exact) mass is 250 g/mol. The van der Waals surface area contributed by atoms with Crippen LogP contribution in [0.3, 0.4) is 0 Å². The molecule has 1 aromatic heterocycles. The average molecular weight is 250 g/mol. The van der Waals surface area contributed by atoms with E-state index in [1.807, 2.05) is 30.3 Å². The predicted octanol–water partition coefficient (Wildman–Crippen LogP) is 2.19. The lowest BCUT2D eigenvalue weighted by Gasteiger charge is -2.28. The summed E-state index contributed by atoms with van der Waals surface area (Å²) < 4.78 is 0. The number of hydrogen-bond donors (Lipinski definition) is 1. The summed E-state index contributed by atoms with van der Waals surface area (Å²) in [6.45, 7) is 5.72. The van der Waals surface area contributed by atoms with Gasteiger partial charge in [0.2, 0.25) is 5.91 Å². The molecular weight excluding hydrogens is 232 g/mol. The molecule has 1 unspecified atom stereocenters. The van der Waals surface area contributed by atoms with Gasteiger partial charge in [0.15, 0.2) is 0 Å². The lowest BCUT2D eigenvalue weighted by molar-refractivity contribution is -0.127. The Hall–Kier alpha value is -1.13. The summed E-state index contributed by atoms with van der Waals surface area (Å²) in [5.41, 5.74) is 2.13. The first-order valence-electron chi connectivity index (χ1n) is 5.81. The Morgan fingerprint density at radius 1 is 1.53 bits per heavy atom. The number of nitrogens with zero attached hydrogens (tertiary/aromatic N) is 1. The smallest absolute Gasteiger partial charge is 0.249 e. The predicted molar refractivity (Wildman–Crippen MR) is 71.1 cm³/mol. The second kappa shape index (κ2) is 5.02. The summed E-state index contributed by atoms with van der Waals surface area (Å²) in [6, 6.07) is 4.24. The summed E-state index contributed by atoms with van der Waals surface area (Å²) >= 11 is 1.69. The molecule has 0 spiro atoms. The second-order valence-corrected chi connectivity index (χ2v) is 5.42. The standard InChI is InChI=1S/C13H18N2OS/c1-9(11-7-14-8-11)13(16)15(3)10(2)12-5-4-6-17-12/h4-6,10,14H,7-8H2,1-3H3. The Balaban J connectivity index is 2.09. The molecule has 2 rings (SSSR count). The number of nitrogens with one attached hydrogen (secondary N) is 1. The van der Waals surface area contributed by atoms with Crippen LogP contribution in [-0.4, -0.2) is 30.9 Å². The minimum Gasteiger partial charge on any atom is -0.334 e.